The highest BCUT2D eigenvalue weighted by atomic mass is 35.5. The minimum Gasteiger partial charge on any atom is -0.354 e. The van der Waals surface area contributed by atoms with E-state index in [2.05, 4.69) is 5.32 Å². The largest absolute Gasteiger partial charge is 0.354 e. The van der Waals surface area contributed by atoms with Crippen molar-refractivity contribution in [1.29, 1.82) is 0 Å². The maximum atomic E-state index is 14.0. The maximum Gasteiger partial charge on any atom is 0.243 e. The third kappa shape index (κ3) is 8.41. The number of carbonyl (C=O) groups excluding carboxylic acids is 2. The number of amides is 2. The van der Waals surface area contributed by atoms with E-state index in [1.54, 1.807) is 35.2 Å². The third-order valence-electron chi connectivity index (χ3n) is 5.50. The SMILES string of the molecule is CCCNC(=O)C(Cc1ccccc1)N(Cc1cccc(Cl)c1)C(=O)CSCc1ccccc1F. The fraction of sp³-hybridized carbons (Fsp3) is 0.286. The number of carbonyl (C=O) groups is 2. The van der Waals surface area contributed by atoms with Gasteiger partial charge >= 0.3 is 0 Å². The third-order valence-corrected chi connectivity index (χ3v) is 6.70. The van der Waals surface area contributed by atoms with Crippen LogP contribution in [-0.4, -0.2) is 35.1 Å². The summed E-state index contributed by atoms with van der Waals surface area (Å²) < 4.78 is 14.0. The molecule has 0 saturated carbocycles. The van der Waals surface area contributed by atoms with Crippen molar-refractivity contribution in [1.82, 2.24) is 10.2 Å². The van der Waals surface area contributed by atoms with Crippen molar-refractivity contribution in [2.24, 2.45) is 0 Å². The van der Waals surface area contributed by atoms with Crippen molar-refractivity contribution in [3.8, 4) is 0 Å². The predicted octanol–water partition coefficient (Wildman–Crippen LogP) is 5.88. The van der Waals surface area contributed by atoms with Gasteiger partial charge in [0, 0.05) is 30.3 Å². The topological polar surface area (TPSA) is 49.4 Å². The number of hydrogen-bond acceptors (Lipinski definition) is 3. The molecular weight excluding hydrogens is 483 g/mol. The number of hydrogen-bond donors (Lipinski definition) is 1. The zero-order chi connectivity index (χ0) is 25.0. The Morgan fingerprint density at radius 2 is 1.71 bits per heavy atom. The standard InChI is InChI=1S/C28H30ClFN2O2S/c1-2-15-31-28(34)26(17-21-9-4-3-5-10-21)32(18-22-11-8-13-24(29)16-22)27(33)20-35-19-23-12-6-7-14-25(23)30/h3-14,16,26H,2,15,17-20H2,1H3,(H,31,34). The molecule has 4 nitrogen and oxygen atoms in total. The van der Waals surface area contributed by atoms with E-state index in [4.69, 9.17) is 11.6 Å². The van der Waals surface area contributed by atoms with Crippen molar-refractivity contribution in [2.45, 2.75) is 38.1 Å². The average Bonchev–Trinajstić information content (AvgIpc) is 2.86. The Morgan fingerprint density at radius 1 is 1.00 bits per heavy atom. The Balaban J connectivity index is 1.84. The molecule has 0 aliphatic carbocycles. The van der Waals surface area contributed by atoms with Crippen molar-refractivity contribution >= 4 is 35.2 Å². The van der Waals surface area contributed by atoms with Crippen LogP contribution in [0, 0.1) is 5.82 Å². The summed E-state index contributed by atoms with van der Waals surface area (Å²) in [6.07, 6.45) is 1.19. The van der Waals surface area contributed by atoms with Gasteiger partial charge in [-0.05, 0) is 41.3 Å². The second kappa shape index (κ2) is 13.9. The summed E-state index contributed by atoms with van der Waals surface area (Å²) in [6.45, 7) is 2.77. The first kappa shape index (κ1) is 26.8. The zero-order valence-corrected chi connectivity index (χ0v) is 21.3. The van der Waals surface area contributed by atoms with Gasteiger partial charge in [-0.25, -0.2) is 4.39 Å². The lowest BCUT2D eigenvalue weighted by Gasteiger charge is -2.31. The molecule has 0 heterocycles. The van der Waals surface area contributed by atoms with Crippen molar-refractivity contribution in [3.63, 3.8) is 0 Å². The van der Waals surface area contributed by atoms with Gasteiger partial charge in [0.15, 0.2) is 0 Å². The van der Waals surface area contributed by atoms with E-state index in [-0.39, 0.29) is 29.9 Å². The molecule has 1 atom stereocenters. The van der Waals surface area contributed by atoms with Crippen LogP contribution in [0.5, 0.6) is 0 Å². The van der Waals surface area contributed by atoms with Gasteiger partial charge in [-0.15, -0.1) is 11.8 Å². The van der Waals surface area contributed by atoms with Crippen LogP contribution in [0.15, 0.2) is 78.9 Å². The van der Waals surface area contributed by atoms with E-state index < -0.39 is 6.04 Å². The van der Waals surface area contributed by atoms with Gasteiger partial charge in [0.05, 0.1) is 5.75 Å². The van der Waals surface area contributed by atoms with Gasteiger partial charge in [-0.3, -0.25) is 9.59 Å². The molecular formula is C28H30ClFN2O2S. The maximum absolute atomic E-state index is 14.0. The first-order valence-corrected chi connectivity index (χ1v) is 13.2. The Kier molecular flexibility index (Phi) is 10.6. The Labute approximate surface area is 215 Å². The van der Waals surface area contributed by atoms with E-state index in [0.717, 1.165) is 17.5 Å². The molecule has 0 fully saturated rings. The lowest BCUT2D eigenvalue weighted by molar-refractivity contribution is -0.139. The molecule has 0 aliphatic heterocycles. The molecule has 35 heavy (non-hydrogen) atoms. The minimum atomic E-state index is -0.690. The average molecular weight is 513 g/mol. The highest BCUT2D eigenvalue weighted by Crippen LogP contribution is 2.20. The molecule has 3 aromatic rings. The quantitative estimate of drug-likeness (QED) is 0.330. The summed E-state index contributed by atoms with van der Waals surface area (Å²) in [7, 11) is 0. The van der Waals surface area contributed by atoms with Crippen LogP contribution in [0.1, 0.15) is 30.0 Å². The molecule has 0 aliphatic rings. The zero-order valence-electron chi connectivity index (χ0n) is 19.8. The fourth-order valence-corrected chi connectivity index (χ4v) is 4.81. The summed E-state index contributed by atoms with van der Waals surface area (Å²) in [6, 6.07) is 22.8. The molecule has 0 spiro atoms. The van der Waals surface area contributed by atoms with Gasteiger partial charge in [0.25, 0.3) is 0 Å². The number of nitrogens with one attached hydrogen (secondary N) is 1. The second-order valence-electron chi connectivity index (χ2n) is 8.23. The molecule has 184 valence electrons. The lowest BCUT2D eigenvalue weighted by atomic mass is 10.0. The van der Waals surface area contributed by atoms with E-state index >= 15 is 0 Å². The number of rotatable bonds is 12. The Hall–Kier alpha value is -2.83. The first-order valence-electron chi connectivity index (χ1n) is 11.6. The second-order valence-corrected chi connectivity index (χ2v) is 9.65. The summed E-state index contributed by atoms with van der Waals surface area (Å²) in [4.78, 5) is 28.4. The van der Waals surface area contributed by atoms with E-state index in [0.29, 0.717) is 29.3 Å². The number of halogens is 2. The van der Waals surface area contributed by atoms with Gasteiger partial charge in [0.1, 0.15) is 11.9 Å². The highest BCUT2D eigenvalue weighted by Gasteiger charge is 2.30. The Morgan fingerprint density at radius 3 is 2.43 bits per heavy atom. The van der Waals surface area contributed by atoms with Gasteiger partial charge in [-0.1, -0.05) is 79.2 Å². The molecule has 1 unspecified atom stereocenters. The summed E-state index contributed by atoms with van der Waals surface area (Å²) in [5.41, 5.74) is 2.35. The van der Waals surface area contributed by atoms with Crippen LogP contribution in [0.2, 0.25) is 5.02 Å². The van der Waals surface area contributed by atoms with Crippen LogP contribution in [0.3, 0.4) is 0 Å². The van der Waals surface area contributed by atoms with Gasteiger partial charge in [0.2, 0.25) is 11.8 Å². The van der Waals surface area contributed by atoms with Crippen molar-refractivity contribution in [3.05, 3.63) is 106 Å². The molecule has 7 heteroatoms. The molecule has 2 amide bonds. The van der Waals surface area contributed by atoms with Crippen LogP contribution in [-0.2, 0) is 28.3 Å². The molecule has 0 bridgehead atoms. The molecule has 3 aromatic carbocycles. The van der Waals surface area contributed by atoms with E-state index in [9.17, 15) is 14.0 Å². The lowest BCUT2D eigenvalue weighted by Crippen LogP contribution is -2.51. The van der Waals surface area contributed by atoms with E-state index in [1.807, 2.05) is 49.4 Å². The summed E-state index contributed by atoms with van der Waals surface area (Å²) in [5, 5.41) is 3.53. The van der Waals surface area contributed by atoms with Crippen molar-refractivity contribution in [2.75, 3.05) is 12.3 Å². The molecule has 0 aromatic heterocycles. The van der Waals surface area contributed by atoms with E-state index in [1.165, 1.54) is 17.8 Å². The summed E-state index contributed by atoms with van der Waals surface area (Å²) >= 11 is 7.53. The molecule has 3 rings (SSSR count). The molecule has 0 saturated heterocycles. The van der Waals surface area contributed by atoms with Crippen molar-refractivity contribution < 1.29 is 14.0 Å². The number of benzene rings is 3. The van der Waals surface area contributed by atoms with Crippen LogP contribution in [0.25, 0.3) is 0 Å². The Bertz CT molecular complexity index is 1110. The van der Waals surface area contributed by atoms with Gasteiger partial charge < -0.3 is 10.2 Å². The van der Waals surface area contributed by atoms with Crippen LogP contribution >= 0.6 is 23.4 Å². The number of nitrogens with zero attached hydrogens (tertiary/aromatic N) is 1. The monoisotopic (exact) mass is 512 g/mol. The van der Waals surface area contributed by atoms with Crippen LogP contribution < -0.4 is 5.32 Å². The molecule has 0 radical (unpaired) electrons. The number of thioether (sulfide) groups is 1. The highest BCUT2D eigenvalue weighted by molar-refractivity contribution is 7.99. The summed E-state index contributed by atoms with van der Waals surface area (Å²) in [5.74, 6) is -0.163. The van der Waals surface area contributed by atoms with Gasteiger partial charge in [-0.2, -0.15) is 0 Å². The minimum absolute atomic E-state index is 0.126. The first-order chi connectivity index (χ1) is 17.0. The predicted molar refractivity (Wildman–Crippen MR) is 142 cm³/mol. The fourth-order valence-electron chi connectivity index (χ4n) is 3.70. The van der Waals surface area contributed by atoms with Crippen LogP contribution in [0.4, 0.5) is 4.39 Å². The normalized spacial score (nSPS) is 11.6. The molecule has 1 N–H and O–H groups in total. The smallest absolute Gasteiger partial charge is 0.243 e.